The normalized spacial score (nSPS) is 22.7. The Morgan fingerprint density at radius 1 is 1.15 bits per heavy atom. The monoisotopic (exact) mass is 354 g/mol. The van der Waals surface area contributed by atoms with Gasteiger partial charge in [-0.1, -0.05) is 48.5 Å². The fourth-order valence-corrected chi connectivity index (χ4v) is 3.29. The molecule has 0 bridgehead atoms. The number of carbonyl (C=O) groups is 1. The van der Waals surface area contributed by atoms with Gasteiger partial charge in [0, 0.05) is 19.3 Å². The summed E-state index contributed by atoms with van der Waals surface area (Å²) in [6.07, 6.45) is 0.495. The fourth-order valence-electron chi connectivity index (χ4n) is 3.29. The molecule has 0 spiro atoms. The zero-order chi connectivity index (χ0) is 18.4. The van der Waals surface area contributed by atoms with E-state index in [0.717, 1.165) is 17.7 Å². The molecule has 0 unspecified atom stereocenters. The maximum absolute atomic E-state index is 12.5. The molecule has 2 atom stereocenters. The lowest BCUT2D eigenvalue weighted by Gasteiger charge is -2.45. The van der Waals surface area contributed by atoms with Crippen molar-refractivity contribution in [3.63, 3.8) is 0 Å². The van der Waals surface area contributed by atoms with Gasteiger partial charge in [-0.25, -0.2) is 4.79 Å². The van der Waals surface area contributed by atoms with Crippen molar-refractivity contribution in [2.75, 3.05) is 25.5 Å². The minimum atomic E-state index is -0.486. The van der Waals surface area contributed by atoms with Crippen LogP contribution in [-0.4, -0.2) is 42.8 Å². The van der Waals surface area contributed by atoms with Crippen molar-refractivity contribution in [2.45, 2.75) is 31.6 Å². The van der Waals surface area contributed by atoms with Gasteiger partial charge < -0.3 is 19.7 Å². The number of methoxy groups -OCH3 is 1. The molecule has 2 aromatic rings. The largest absolute Gasteiger partial charge is 0.445 e. The highest BCUT2D eigenvalue weighted by Gasteiger charge is 2.42. The first-order valence-electron chi connectivity index (χ1n) is 8.93. The molecule has 2 aromatic carbocycles. The van der Waals surface area contributed by atoms with Crippen molar-refractivity contribution in [2.24, 2.45) is 0 Å². The molecule has 1 aliphatic heterocycles. The smallest absolute Gasteiger partial charge is 0.410 e. The molecule has 5 nitrogen and oxygen atoms in total. The second kappa shape index (κ2) is 8.23. The van der Waals surface area contributed by atoms with Crippen LogP contribution in [-0.2, 0) is 16.1 Å². The molecular formula is C21H26N2O3. The predicted octanol–water partition coefficient (Wildman–Crippen LogP) is 3.91. The summed E-state index contributed by atoms with van der Waals surface area (Å²) in [4.78, 5) is 14.2. The van der Waals surface area contributed by atoms with Crippen LogP contribution in [0.25, 0.3) is 0 Å². The van der Waals surface area contributed by atoms with Gasteiger partial charge in [0.05, 0.1) is 12.6 Å². The van der Waals surface area contributed by atoms with Crippen LogP contribution >= 0.6 is 0 Å². The Hall–Kier alpha value is -2.53. The number of benzene rings is 2. The minimum absolute atomic E-state index is 0.119. The van der Waals surface area contributed by atoms with Crippen LogP contribution in [0.5, 0.6) is 0 Å². The Kier molecular flexibility index (Phi) is 5.78. The van der Waals surface area contributed by atoms with Crippen molar-refractivity contribution in [3.8, 4) is 0 Å². The average molecular weight is 354 g/mol. The van der Waals surface area contributed by atoms with Gasteiger partial charge in [-0.3, -0.25) is 0 Å². The van der Waals surface area contributed by atoms with E-state index in [-0.39, 0.29) is 18.7 Å². The van der Waals surface area contributed by atoms with E-state index in [2.05, 4.69) is 5.32 Å². The molecule has 0 saturated carbocycles. The van der Waals surface area contributed by atoms with Gasteiger partial charge in [-0.05, 0) is 31.0 Å². The van der Waals surface area contributed by atoms with E-state index in [1.165, 1.54) is 0 Å². The van der Waals surface area contributed by atoms with Crippen molar-refractivity contribution >= 4 is 11.8 Å². The first-order chi connectivity index (χ1) is 12.6. The molecule has 1 amide bonds. The summed E-state index contributed by atoms with van der Waals surface area (Å²) < 4.78 is 11.3. The third-order valence-electron chi connectivity index (χ3n) is 4.97. The molecule has 0 aliphatic carbocycles. The van der Waals surface area contributed by atoms with Gasteiger partial charge >= 0.3 is 6.09 Å². The number of hydrogen-bond donors (Lipinski definition) is 1. The SMILES string of the molecule is CO[C@@]1(C)CN(C(=O)OCc2ccccc2)CC[C@@H]1Nc1ccccc1. The van der Waals surface area contributed by atoms with E-state index in [4.69, 9.17) is 9.47 Å². The Bertz CT molecular complexity index is 708. The molecule has 1 aliphatic rings. The summed E-state index contributed by atoms with van der Waals surface area (Å²) >= 11 is 0. The minimum Gasteiger partial charge on any atom is -0.445 e. The van der Waals surface area contributed by atoms with Crippen LogP contribution in [0.1, 0.15) is 18.9 Å². The Morgan fingerprint density at radius 3 is 2.46 bits per heavy atom. The van der Waals surface area contributed by atoms with Crippen molar-refractivity contribution in [1.82, 2.24) is 4.90 Å². The summed E-state index contributed by atoms with van der Waals surface area (Å²) in [5.74, 6) is 0. The molecule has 1 saturated heterocycles. The Balaban J connectivity index is 1.59. The number of nitrogens with one attached hydrogen (secondary N) is 1. The molecule has 26 heavy (non-hydrogen) atoms. The highest BCUT2D eigenvalue weighted by atomic mass is 16.6. The lowest BCUT2D eigenvalue weighted by Crippen LogP contribution is -2.60. The van der Waals surface area contributed by atoms with Gasteiger partial charge in [0.15, 0.2) is 0 Å². The second-order valence-electron chi connectivity index (χ2n) is 6.83. The Morgan fingerprint density at radius 2 is 1.81 bits per heavy atom. The van der Waals surface area contributed by atoms with E-state index in [0.29, 0.717) is 13.1 Å². The zero-order valence-electron chi connectivity index (χ0n) is 15.4. The van der Waals surface area contributed by atoms with Crippen LogP contribution < -0.4 is 5.32 Å². The summed E-state index contributed by atoms with van der Waals surface area (Å²) in [5, 5.41) is 3.54. The van der Waals surface area contributed by atoms with Gasteiger partial charge in [-0.15, -0.1) is 0 Å². The van der Waals surface area contributed by atoms with Crippen LogP contribution in [0.2, 0.25) is 0 Å². The van der Waals surface area contributed by atoms with Crippen LogP contribution in [0.3, 0.4) is 0 Å². The molecule has 1 N–H and O–H groups in total. The van der Waals surface area contributed by atoms with E-state index in [1.54, 1.807) is 12.0 Å². The predicted molar refractivity (Wildman–Crippen MR) is 102 cm³/mol. The highest BCUT2D eigenvalue weighted by Crippen LogP contribution is 2.28. The first-order valence-corrected chi connectivity index (χ1v) is 8.93. The quantitative estimate of drug-likeness (QED) is 0.884. The zero-order valence-corrected chi connectivity index (χ0v) is 15.4. The number of likely N-dealkylation sites (tertiary alicyclic amines) is 1. The molecule has 1 fully saturated rings. The van der Waals surface area contributed by atoms with Crippen LogP contribution in [0.4, 0.5) is 10.5 Å². The number of para-hydroxylation sites is 1. The topological polar surface area (TPSA) is 50.8 Å². The van der Waals surface area contributed by atoms with Crippen molar-refractivity contribution < 1.29 is 14.3 Å². The summed E-state index contributed by atoms with van der Waals surface area (Å²) in [5.41, 5.74) is 1.55. The third kappa shape index (κ3) is 4.35. The molecule has 5 heteroatoms. The number of hydrogen-bond acceptors (Lipinski definition) is 4. The second-order valence-corrected chi connectivity index (χ2v) is 6.83. The van der Waals surface area contributed by atoms with Crippen molar-refractivity contribution in [1.29, 1.82) is 0 Å². The lowest BCUT2D eigenvalue weighted by molar-refractivity contribution is -0.0570. The number of amides is 1. The molecule has 138 valence electrons. The molecular weight excluding hydrogens is 328 g/mol. The van der Waals surface area contributed by atoms with Gasteiger partial charge in [0.2, 0.25) is 0 Å². The summed E-state index contributed by atoms with van der Waals surface area (Å²) in [6, 6.07) is 19.9. The number of piperidine rings is 1. The van der Waals surface area contributed by atoms with Gasteiger partial charge in [0.25, 0.3) is 0 Å². The van der Waals surface area contributed by atoms with E-state index < -0.39 is 5.60 Å². The number of rotatable bonds is 5. The number of nitrogens with zero attached hydrogens (tertiary/aromatic N) is 1. The third-order valence-corrected chi connectivity index (χ3v) is 4.97. The standard InChI is InChI=1S/C21H26N2O3/c1-21(25-2)16-23(20(24)26-15-17-9-5-3-6-10-17)14-13-19(21)22-18-11-7-4-8-12-18/h3-12,19,22H,13-16H2,1-2H3/t19-,21-/m0/s1. The molecule has 3 rings (SSSR count). The van der Waals surface area contributed by atoms with E-state index >= 15 is 0 Å². The molecule has 0 aromatic heterocycles. The van der Waals surface area contributed by atoms with Gasteiger partial charge in [0.1, 0.15) is 12.2 Å². The molecule has 0 radical (unpaired) electrons. The van der Waals surface area contributed by atoms with Gasteiger partial charge in [-0.2, -0.15) is 0 Å². The lowest BCUT2D eigenvalue weighted by atomic mass is 9.88. The van der Waals surface area contributed by atoms with Crippen molar-refractivity contribution in [3.05, 3.63) is 66.2 Å². The fraction of sp³-hybridized carbons (Fsp3) is 0.381. The van der Waals surface area contributed by atoms with E-state index in [1.807, 2.05) is 67.6 Å². The summed E-state index contributed by atoms with van der Waals surface area (Å²) in [6.45, 7) is 3.44. The average Bonchev–Trinajstić information content (AvgIpc) is 2.69. The van der Waals surface area contributed by atoms with Crippen LogP contribution in [0, 0.1) is 0 Å². The number of anilines is 1. The summed E-state index contributed by atoms with van der Waals surface area (Å²) in [7, 11) is 1.69. The van der Waals surface area contributed by atoms with Crippen LogP contribution in [0.15, 0.2) is 60.7 Å². The highest BCUT2D eigenvalue weighted by molar-refractivity contribution is 5.68. The number of ether oxygens (including phenoxy) is 2. The first kappa shape index (κ1) is 18.3. The maximum Gasteiger partial charge on any atom is 0.410 e. The number of carbonyl (C=O) groups excluding carboxylic acids is 1. The van der Waals surface area contributed by atoms with E-state index in [9.17, 15) is 4.79 Å². The Labute approximate surface area is 154 Å². The molecule has 1 heterocycles. The maximum atomic E-state index is 12.5.